The summed E-state index contributed by atoms with van der Waals surface area (Å²) in [5, 5.41) is 6.94. The lowest BCUT2D eigenvalue weighted by Gasteiger charge is -2.29. The molecule has 7 rings (SSSR count). The second kappa shape index (κ2) is 20.2. The summed E-state index contributed by atoms with van der Waals surface area (Å²) in [7, 11) is 1.52. The molecule has 3 aromatic carbocycles. The number of hydrogen-bond acceptors (Lipinski definition) is 11. The van der Waals surface area contributed by atoms with Crippen LogP contribution in [-0.2, 0) is 51.6 Å². The van der Waals surface area contributed by atoms with Gasteiger partial charge in [0.05, 0.1) is 42.4 Å². The molecule has 3 aliphatic heterocycles. The van der Waals surface area contributed by atoms with Crippen LogP contribution in [-0.4, -0.2) is 81.6 Å². The molecule has 16 heteroatoms. The maximum Gasteiger partial charge on any atom is 0.264 e. The van der Waals surface area contributed by atoms with E-state index in [-0.39, 0.29) is 41.0 Å². The lowest BCUT2D eigenvalue weighted by atomic mass is 9.98. The molecule has 1 saturated heterocycles. The average molecular weight is 897 g/mol. The Balaban J connectivity index is 0.892. The molecule has 0 radical (unpaired) electrons. The summed E-state index contributed by atoms with van der Waals surface area (Å²) in [6, 6.07) is 15.2. The number of ether oxygens (including phenoxy) is 3. The van der Waals surface area contributed by atoms with E-state index in [9.17, 15) is 33.3 Å². The third-order valence-corrected chi connectivity index (χ3v) is 13.4. The highest BCUT2D eigenvalue weighted by atomic mass is 32.2. The SMILES string of the molecule is CCOc1cc(C(C[S+](C)[O-])N2C(=O)c3cc(CCCCCCCc4ccc(OCc5scc6c5CN(C5CCC(=O)NC5=O)C6=O)cc4)cc(NC(C)=O)c3C2=O)ccc1OC. The first-order valence-electron chi connectivity index (χ1n) is 21.3. The van der Waals surface area contributed by atoms with Gasteiger partial charge in [-0.2, -0.15) is 0 Å². The van der Waals surface area contributed by atoms with E-state index in [1.165, 1.54) is 37.2 Å². The van der Waals surface area contributed by atoms with Gasteiger partial charge in [0.15, 0.2) is 11.5 Å². The smallest absolute Gasteiger partial charge is 0.264 e. The van der Waals surface area contributed by atoms with Crippen LogP contribution >= 0.6 is 11.3 Å². The van der Waals surface area contributed by atoms with E-state index in [4.69, 9.17) is 14.2 Å². The zero-order chi connectivity index (χ0) is 44.8. The number of aryl methyl sites for hydroxylation is 2. The van der Waals surface area contributed by atoms with Crippen molar-refractivity contribution in [3.63, 3.8) is 0 Å². The number of unbranched alkanes of at least 4 members (excludes halogenated alkanes) is 4. The topological polar surface area (TPSA) is 184 Å². The number of anilines is 1. The van der Waals surface area contributed by atoms with Crippen LogP contribution in [0.2, 0.25) is 0 Å². The van der Waals surface area contributed by atoms with Crippen LogP contribution in [0, 0.1) is 0 Å². The highest BCUT2D eigenvalue weighted by Gasteiger charge is 2.44. The Hall–Kier alpha value is -5.71. The minimum Gasteiger partial charge on any atom is -0.616 e. The van der Waals surface area contributed by atoms with Gasteiger partial charge in [-0.05, 0) is 92.1 Å². The second-order valence-corrected chi connectivity index (χ2v) is 18.4. The van der Waals surface area contributed by atoms with Crippen molar-refractivity contribution in [2.45, 2.75) is 96.9 Å². The number of carbonyl (C=O) groups excluding carboxylic acids is 6. The lowest BCUT2D eigenvalue weighted by molar-refractivity contribution is -0.137. The van der Waals surface area contributed by atoms with E-state index in [1.807, 2.05) is 24.4 Å². The Morgan fingerprint density at radius 1 is 0.905 bits per heavy atom. The summed E-state index contributed by atoms with van der Waals surface area (Å²) in [5.41, 5.74) is 4.74. The van der Waals surface area contributed by atoms with Gasteiger partial charge in [-0.15, -0.1) is 11.3 Å². The summed E-state index contributed by atoms with van der Waals surface area (Å²) in [5.74, 6) is -0.656. The number of fused-ring (bicyclic) bond motifs is 2. The molecule has 0 spiro atoms. The normalized spacial score (nSPS) is 16.8. The van der Waals surface area contributed by atoms with Gasteiger partial charge in [-0.25, -0.2) is 0 Å². The van der Waals surface area contributed by atoms with Crippen molar-refractivity contribution >= 4 is 63.6 Å². The summed E-state index contributed by atoms with van der Waals surface area (Å²) in [6.45, 7) is 4.21. The van der Waals surface area contributed by atoms with Gasteiger partial charge in [0.1, 0.15) is 30.2 Å². The quantitative estimate of drug-likeness (QED) is 0.0538. The van der Waals surface area contributed by atoms with E-state index < -0.39 is 41.0 Å². The van der Waals surface area contributed by atoms with Gasteiger partial charge in [-0.1, -0.05) is 48.6 Å². The number of amides is 6. The third-order valence-electron chi connectivity index (χ3n) is 11.6. The van der Waals surface area contributed by atoms with Crippen molar-refractivity contribution in [3.05, 3.63) is 104 Å². The Labute approximate surface area is 373 Å². The number of carbonyl (C=O) groups is 6. The van der Waals surface area contributed by atoms with Crippen LogP contribution in [0.1, 0.15) is 123 Å². The minimum atomic E-state index is -1.37. The number of imide groups is 2. The largest absolute Gasteiger partial charge is 0.616 e. The van der Waals surface area contributed by atoms with Gasteiger partial charge < -0.3 is 29.0 Å². The first-order chi connectivity index (χ1) is 30.4. The highest BCUT2D eigenvalue weighted by Crippen LogP contribution is 2.40. The molecule has 1 fully saturated rings. The molecule has 4 aromatic rings. The van der Waals surface area contributed by atoms with Gasteiger partial charge in [-0.3, -0.25) is 39.0 Å². The average Bonchev–Trinajstić information content (AvgIpc) is 3.88. The Morgan fingerprint density at radius 3 is 2.32 bits per heavy atom. The molecule has 3 unspecified atom stereocenters. The summed E-state index contributed by atoms with van der Waals surface area (Å²) in [4.78, 5) is 81.2. The molecular weight excluding hydrogens is 845 g/mol. The number of nitrogens with one attached hydrogen (secondary N) is 2. The molecule has 332 valence electrons. The fraction of sp³-hybridized carbons (Fsp3) is 0.404. The van der Waals surface area contributed by atoms with Gasteiger partial charge in [0.25, 0.3) is 17.7 Å². The monoisotopic (exact) mass is 896 g/mol. The standard InChI is InChI=1S/C47H52N4O10S2/c1-5-60-40-23-31(15-19-39(40)59-3)38(27-63(4)58)51-46(56)33-21-30(22-36(48-28(2)52)43(33)47(51)57)12-10-8-6-7-9-11-29-13-16-32(17-14-29)61-25-41-34-24-50(45(55)35(34)26-62-41)37-18-20-42(53)49-44(37)54/h13-17,19,21-23,26,37-38H,5-12,18,20,24-25,27H2,1-4H3,(H,48,52)(H,49,53,54). The number of nitrogens with zero attached hydrogens (tertiary/aromatic N) is 2. The van der Waals surface area contributed by atoms with Crippen molar-refractivity contribution < 1.29 is 47.5 Å². The summed E-state index contributed by atoms with van der Waals surface area (Å²) in [6.07, 6.45) is 8.54. The lowest BCUT2D eigenvalue weighted by Crippen LogP contribution is -2.52. The Bertz CT molecular complexity index is 2400. The van der Waals surface area contributed by atoms with Crippen molar-refractivity contribution in [2.75, 3.05) is 31.0 Å². The zero-order valence-corrected chi connectivity index (χ0v) is 37.5. The van der Waals surface area contributed by atoms with Gasteiger partial charge in [0.2, 0.25) is 17.7 Å². The van der Waals surface area contributed by atoms with Crippen LogP contribution in [0.3, 0.4) is 0 Å². The molecule has 0 aliphatic carbocycles. The third kappa shape index (κ3) is 10.2. The molecule has 4 heterocycles. The van der Waals surface area contributed by atoms with E-state index >= 15 is 0 Å². The molecule has 3 atom stereocenters. The first kappa shape index (κ1) is 45.3. The fourth-order valence-corrected chi connectivity index (χ4v) is 10.2. The molecular formula is C47H52N4O10S2. The Morgan fingerprint density at radius 2 is 1.63 bits per heavy atom. The summed E-state index contributed by atoms with van der Waals surface area (Å²) >= 11 is 0.103. The molecule has 1 aromatic heterocycles. The highest BCUT2D eigenvalue weighted by molar-refractivity contribution is 7.90. The zero-order valence-electron chi connectivity index (χ0n) is 35.9. The summed E-state index contributed by atoms with van der Waals surface area (Å²) < 4.78 is 29.9. The van der Waals surface area contributed by atoms with E-state index in [2.05, 4.69) is 22.8 Å². The van der Waals surface area contributed by atoms with Crippen LogP contribution in [0.5, 0.6) is 17.2 Å². The van der Waals surface area contributed by atoms with E-state index in [0.717, 1.165) is 65.2 Å². The number of thiophene rings is 1. The molecule has 63 heavy (non-hydrogen) atoms. The number of methoxy groups -OCH3 is 1. The molecule has 0 saturated carbocycles. The van der Waals surface area contributed by atoms with Crippen molar-refractivity contribution in [1.82, 2.24) is 15.1 Å². The van der Waals surface area contributed by atoms with Crippen LogP contribution in [0.15, 0.2) is 60.0 Å². The maximum atomic E-state index is 14.1. The minimum absolute atomic E-state index is 0.0188. The van der Waals surface area contributed by atoms with Gasteiger partial charge in [0, 0.05) is 35.7 Å². The number of rotatable bonds is 20. The van der Waals surface area contributed by atoms with Crippen molar-refractivity contribution in [3.8, 4) is 17.2 Å². The van der Waals surface area contributed by atoms with E-state index in [0.29, 0.717) is 60.9 Å². The fourth-order valence-electron chi connectivity index (χ4n) is 8.48. The van der Waals surface area contributed by atoms with Crippen LogP contribution < -0.4 is 24.8 Å². The van der Waals surface area contributed by atoms with E-state index in [1.54, 1.807) is 35.2 Å². The van der Waals surface area contributed by atoms with Gasteiger partial charge >= 0.3 is 0 Å². The number of benzene rings is 3. The van der Waals surface area contributed by atoms with Crippen molar-refractivity contribution in [2.24, 2.45) is 0 Å². The first-order valence-corrected chi connectivity index (χ1v) is 23.9. The molecule has 2 N–H and O–H groups in total. The predicted molar refractivity (Wildman–Crippen MR) is 239 cm³/mol. The molecule has 6 amide bonds. The van der Waals surface area contributed by atoms with Crippen LogP contribution in [0.25, 0.3) is 0 Å². The molecule has 14 nitrogen and oxygen atoms in total. The van der Waals surface area contributed by atoms with Crippen LogP contribution in [0.4, 0.5) is 5.69 Å². The molecule has 0 bridgehead atoms. The molecule has 3 aliphatic rings. The number of hydrogen-bond donors (Lipinski definition) is 2. The maximum absolute atomic E-state index is 14.1. The van der Waals surface area contributed by atoms with Crippen molar-refractivity contribution in [1.29, 1.82) is 0 Å². The second-order valence-electron chi connectivity index (χ2n) is 16.0. The Kier molecular flexibility index (Phi) is 14.5. The predicted octanol–water partition coefficient (Wildman–Crippen LogP) is 6.91. The number of piperidine rings is 1.